The molecule has 0 fully saturated rings. The molecule has 0 aromatic heterocycles. The Morgan fingerprint density at radius 3 is 2.43 bits per heavy atom. The highest BCUT2D eigenvalue weighted by Gasteiger charge is 2.07. The molecule has 0 aliphatic carbocycles. The van der Waals surface area contributed by atoms with E-state index in [9.17, 15) is 4.79 Å². The molecule has 0 atom stereocenters. The smallest absolute Gasteiger partial charge is 0.190 e. The van der Waals surface area contributed by atoms with Crippen LogP contribution in [0.4, 0.5) is 0 Å². The highest BCUT2D eigenvalue weighted by atomic mass is 16.1. The van der Waals surface area contributed by atoms with E-state index in [1.54, 1.807) is 0 Å². The molecule has 14 heavy (non-hydrogen) atoms. The van der Waals surface area contributed by atoms with Gasteiger partial charge in [0, 0.05) is 6.42 Å². The first kappa shape index (κ1) is 10.6. The van der Waals surface area contributed by atoms with Crippen molar-refractivity contribution in [3.63, 3.8) is 0 Å². The Bertz CT molecular complexity index is 341. The van der Waals surface area contributed by atoms with E-state index in [1.165, 1.54) is 5.56 Å². The molecular weight excluding hydrogens is 176 g/mol. The second kappa shape index (κ2) is 4.67. The zero-order valence-corrected chi connectivity index (χ0v) is 8.21. The number of aryl methyl sites for hydroxylation is 1. The van der Waals surface area contributed by atoms with E-state index in [2.05, 4.69) is 0 Å². The van der Waals surface area contributed by atoms with Crippen LogP contribution in [0.1, 0.15) is 11.1 Å². The number of hydrogen-bond acceptors (Lipinski definition) is 3. The SMILES string of the molecule is Cc1ccc(CC(=N)C(=O)CN)cc1. The molecule has 0 bridgehead atoms. The van der Waals surface area contributed by atoms with E-state index < -0.39 is 0 Å². The number of rotatable bonds is 4. The Morgan fingerprint density at radius 1 is 1.36 bits per heavy atom. The van der Waals surface area contributed by atoms with Crippen molar-refractivity contribution in [2.75, 3.05) is 6.54 Å². The molecule has 1 rings (SSSR count). The molecule has 0 saturated carbocycles. The molecule has 3 heteroatoms. The fraction of sp³-hybridized carbons (Fsp3) is 0.273. The summed E-state index contributed by atoms with van der Waals surface area (Å²) in [6.07, 6.45) is 0.371. The number of carbonyl (C=O) groups excluding carboxylic acids is 1. The van der Waals surface area contributed by atoms with Gasteiger partial charge in [-0.15, -0.1) is 0 Å². The summed E-state index contributed by atoms with van der Waals surface area (Å²) < 4.78 is 0. The Kier molecular flexibility index (Phi) is 3.54. The summed E-state index contributed by atoms with van der Waals surface area (Å²) >= 11 is 0. The average molecular weight is 190 g/mol. The summed E-state index contributed by atoms with van der Waals surface area (Å²) in [5.74, 6) is -0.287. The van der Waals surface area contributed by atoms with Crippen molar-refractivity contribution in [3.8, 4) is 0 Å². The second-order valence-electron chi connectivity index (χ2n) is 3.27. The van der Waals surface area contributed by atoms with Gasteiger partial charge in [-0.2, -0.15) is 0 Å². The molecule has 3 N–H and O–H groups in total. The van der Waals surface area contributed by atoms with Crippen LogP contribution in [-0.4, -0.2) is 18.0 Å². The van der Waals surface area contributed by atoms with E-state index >= 15 is 0 Å². The molecule has 0 spiro atoms. The van der Waals surface area contributed by atoms with Gasteiger partial charge in [0.25, 0.3) is 0 Å². The fourth-order valence-electron chi connectivity index (χ4n) is 1.13. The third kappa shape index (κ3) is 2.78. The highest BCUT2D eigenvalue weighted by molar-refractivity contribution is 6.39. The van der Waals surface area contributed by atoms with Gasteiger partial charge in [-0.1, -0.05) is 29.8 Å². The van der Waals surface area contributed by atoms with Crippen molar-refractivity contribution in [3.05, 3.63) is 35.4 Å². The van der Waals surface area contributed by atoms with Crippen LogP contribution in [0.25, 0.3) is 0 Å². The quantitative estimate of drug-likeness (QED) is 0.698. The standard InChI is InChI=1S/C11H14N2O/c1-8-2-4-9(5-3-8)6-10(13)11(14)7-12/h2-5,13H,6-7,12H2,1H3. The van der Waals surface area contributed by atoms with Crippen molar-refractivity contribution in [1.29, 1.82) is 5.41 Å². The minimum atomic E-state index is -0.287. The third-order valence-electron chi connectivity index (χ3n) is 2.02. The maximum atomic E-state index is 11.0. The van der Waals surface area contributed by atoms with Crippen LogP contribution in [-0.2, 0) is 11.2 Å². The molecule has 0 saturated heterocycles. The van der Waals surface area contributed by atoms with Gasteiger partial charge in [0.05, 0.1) is 12.3 Å². The number of nitrogens with one attached hydrogen (secondary N) is 1. The lowest BCUT2D eigenvalue weighted by Crippen LogP contribution is -2.24. The number of carbonyl (C=O) groups is 1. The highest BCUT2D eigenvalue weighted by Crippen LogP contribution is 2.04. The minimum absolute atomic E-state index is 0.0787. The first-order chi connectivity index (χ1) is 6.63. The number of Topliss-reactive ketones (excluding diaryl/α,β-unsaturated/α-hetero) is 1. The summed E-state index contributed by atoms with van der Waals surface area (Å²) in [6, 6.07) is 7.78. The molecule has 0 amide bonds. The molecule has 0 radical (unpaired) electrons. The largest absolute Gasteiger partial charge is 0.324 e. The minimum Gasteiger partial charge on any atom is -0.324 e. The molecule has 74 valence electrons. The van der Waals surface area contributed by atoms with Gasteiger partial charge in [-0.05, 0) is 12.5 Å². The van der Waals surface area contributed by atoms with E-state index in [-0.39, 0.29) is 18.0 Å². The molecule has 3 nitrogen and oxygen atoms in total. The summed E-state index contributed by atoms with van der Waals surface area (Å²) in [7, 11) is 0. The maximum Gasteiger partial charge on any atom is 0.190 e. The van der Waals surface area contributed by atoms with E-state index in [0.717, 1.165) is 5.56 Å². The van der Waals surface area contributed by atoms with Gasteiger partial charge in [0.15, 0.2) is 5.78 Å². The molecule has 0 heterocycles. The Labute approximate surface area is 83.4 Å². The molecular formula is C11H14N2O. The summed E-state index contributed by atoms with van der Waals surface area (Å²) in [4.78, 5) is 11.0. The lowest BCUT2D eigenvalue weighted by Gasteiger charge is -2.02. The van der Waals surface area contributed by atoms with Crippen molar-refractivity contribution in [1.82, 2.24) is 0 Å². The monoisotopic (exact) mass is 190 g/mol. The van der Waals surface area contributed by atoms with Crippen LogP contribution in [0.15, 0.2) is 24.3 Å². The normalized spacial score (nSPS) is 9.86. The van der Waals surface area contributed by atoms with Crippen LogP contribution in [0, 0.1) is 12.3 Å². The lowest BCUT2D eigenvalue weighted by molar-refractivity contribution is -0.111. The Balaban J connectivity index is 2.65. The van der Waals surface area contributed by atoms with E-state index in [1.807, 2.05) is 31.2 Å². The fourth-order valence-corrected chi connectivity index (χ4v) is 1.13. The average Bonchev–Trinajstić information content (AvgIpc) is 2.20. The third-order valence-corrected chi connectivity index (χ3v) is 2.02. The summed E-state index contributed by atoms with van der Waals surface area (Å²) in [5.41, 5.74) is 7.39. The van der Waals surface area contributed by atoms with Gasteiger partial charge < -0.3 is 11.1 Å². The van der Waals surface area contributed by atoms with Crippen LogP contribution in [0.5, 0.6) is 0 Å². The first-order valence-electron chi connectivity index (χ1n) is 4.49. The van der Waals surface area contributed by atoms with Crippen LogP contribution in [0.3, 0.4) is 0 Å². The van der Waals surface area contributed by atoms with Gasteiger partial charge in [-0.3, -0.25) is 4.79 Å². The molecule has 0 unspecified atom stereocenters. The topological polar surface area (TPSA) is 66.9 Å². The summed E-state index contributed by atoms with van der Waals surface area (Å²) in [5, 5.41) is 7.46. The van der Waals surface area contributed by atoms with Gasteiger partial charge in [0.2, 0.25) is 0 Å². The van der Waals surface area contributed by atoms with Gasteiger partial charge >= 0.3 is 0 Å². The van der Waals surface area contributed by atoms with Crippen molar-refractivity contribution < 1.29 is 4.79 Å². The van der Waals surface area contributed by atoms with Crippen LogP contribution >= 0.6 is 0 Å². The van der Waals surface area contributed by atoms with Crippen molar-refractivity contribution >= 4 is 11.5 Å². The zero-order chi connectivity index (χ0) is 10.6. The van der Waals surface area contributed by atoms with Gasteiger partial charge in [-0.25, -0.2) is 0 Å². The molecule has 1 aromatic carbocycles. The maximum absolute atomic E-state index is 11.0. The summed E-state index contributed by atoms with van der Waals surface area (Å²) in [6.45, 7) is 1.92. The predicted molar refractivity (Wildman–Crippen MR) is 56.7 cm³/mol. The van der Waals surface area contributed by atoms with Crippen LogP contribution < -0.4 is 5.73 Å². The number of benzene rings is 1. The van der Waals surface area contributed by atoms with Crippen LogP contribution in [0.2, 0.25) is 0 Å². The first-order valence-corrected chi connectivity index (χ1v) is 4.49. The van der Waals surface area contributed by atoms with Crippen molar-refractivity contribution in [2.24, 2.45) is 5.73 Å². The van der Waals surface area contributed by atoms with Crippen molar-refractivity contribution in [2.45, 2.75) is 13.3 Å². The lowest BCUT2D eigenvalue weighted by atomic mass is 10.0. The Hall–Kier alpha value is -1.48. The number of nitrogens with two attached hydrogens (primary N) is 1. The zero-order valence-electron chi connectivity index (χ0n) is 8.21. The number of hydrogen-bond donors (Lipinski definition) is 2. The molecule has 0 aliphatic rings. The van der Waals surface area contributed by atoms with Gasteiger partial charge in [0.1, 0.15) is 0 Å². The number of ketones is 1. The Morgan fingerprint density at radius 2 is 1.93 bits per heavy atom. The second-order valence-corrected chi connectivity index (χ2v) is 3.27. The predicted octanol–water partition coefficient (Wildman–Crippen LogP) is 1.09. The van der Waals surface area contributed by atoms with E-state index in [4.69, 9.17) is 11.1 Å². The molecule has 1 aromatic rings. The van der Waals surface area contributed by atoms with E-state index in [0.29, 0.717) is 6.42 Å². The molecule has 0 aliphatic heterocycles.